The molecule has 5 rings (SSSR count). The zero-order valence-corrected chi connectivity index (χ0v) is 33.8. The summed E-state index contributed by atoms with van der Waals surface area (Å²) in [5, 5.41) is 14.9. The molecule has 3 nitrogen and oxygen atoms in total. The summed E-state index contributed by atoms with van der Waals surface area (Å²) >= 11 is 1.89. The number of thiophene rings is 1. The first-order chi connectivity index (χ1) is 22.3. The predicted octanol–water partition coefficient (Wildman–Crippen LogP) is 13.0. The van der Waals surface area contributed by atoms with Gasteiger partial charge in [-0.2, -0.15) is 0 Å². The summed E-state index contributed by atoms with van der Waals surface area (Å²) in [6, 6.07) is 21.4. The summed E-state index contributed by atoms with van der Waals surface area (Å²) < 4.78 is 2.65. The van der Waals surface area contributed by atoms with Crippen LogP contribution in [0.5, 0.6) is 0 Å². The van der Waals surface area contributed by atoms with Crippen LogP contribution in [0.4, 0.5) is 0 Å². The second-order valence-electron chi connectivity index (χ2n) is 14.4. The molecule has 1 N–H and O–H groups in total. The van der Waals surface area contributed by atoms with Crippen molar-refractivity contribution in [1.82, 2.24) is 4.98 Å². The van der Waals surface area contributed by atoms with E-state index in [2.05, 4.69) is 96.1 Å². The largest absolute Gasteiger partial charge is 0.512 e. The summed E-state index contributed by atoms with van der Waals surface area (Å²) in [5.74, 6) is 0.989. The quantitative estimate of drug-likeness (QED) is 0.0866. The summed E-state index contributed by atoms with van der Waals surface area (Å²) in [6.45, 7) is 21.8. The third-order valence-corrected chi connectivity index (χ3v) is 10.8. The van der Waals surface area contributed by atoms with Crippen molar-refractivity contribution in [2.24, 2.45) is 17.3 Å². The molecule has 5 heteroatoms. The Hall–Kier alpha value is -2.85. The van der Waals surface area contributed by atoms with Crippen LogP contribution in [0.1, 0.15) is 111 Å². The molecule has 0 saturated heterocycles. The Labute approximate surface area is 306 Å². The Morgan fingerprint density at radius 2 is 1.52 bits per heavy atom. The van der Waals surface area contributed by atoms with E-state index in [9.17, 15) is 9.90 Å². The molecular weight excluding hydrogens is 787 g/mol. The smallest absolute Gasteiger partial charge is 0.162 e. The maximum Gasteiger partial charge on any atom is 0.162 e. The van der Waals surface area contributed by atoms with Crippen LogP contribution in [0.15, 0.2) is 66.6 Å². The van der Waals surface area contributed by atoms with Crippen molar-refractivity contribution in [3.8, 4) is 11.3 Å². The number of nitrogens with zero attached hydrogens (tertiary/aromatic N) is 1. The first-order valence-electron chi connectivity index (χ1n) is 17.5. The van der Waals surface area contributed by atoms with Gasteiger partial charge in [0.05, 0.1) is 5.76 Å². The summed E-state index contributed by atoms with van der Waals surface area (Å²) in [5.41, 5.74) is 6.64. The maximum atomic E-state index is 11.7. The van der Waals surface area contributed by atoms with E-state index in [1.807, 2.05) is 45.2 Å². The van der Waals surface area contributed by atoms with Gasteiger partial charge in [0.15, 0.2) is 5.78 Å². The summed E-state index contributed by atoms with van der Waals surface area (Å²) in [4.78, 5) is 16.6. The number of allylic oxidation sites excluding steroid dienone is 2. The van der Waals surface area contributed by atoms with Gasteiger partial charge < -0.3 is 5.11 Å². The Bertz CT molecular complexity index is 1870. The van der Waals surface area contributed by atoms with Gasteiger partial charge in [-0.3, -0.25) is 9.78 Å². The maximum absolute atomic E-state index is 11.7. The number of aromatic nitrogens is 1. The molecule has 0 aliphatic rings. The zero-order chi connectivity index (χ0) is 34.5. The van der Waals surface area contributed by atoms with Crippen molar-refractivity contribution in [2.45, 2.75) is 107 Å². The first kappa shape index (κ1) is 39.6. The van der Waals surface area contributed by atoms with Gasteiger partial charge >= 0.3 is 0 Å². The van der Waals surface area contributed by atoms with Crippen LogP contribution in [0.25, 0.3) is 42.2 Å². The van der Waals surface area contributed by atoms with E-state index in [-0.39, 0.29) is 48.9 Å². The molecule has 0 unspecified atom stereocenters. The summed E-state index contributed by atoms with van der Waals surface area (Å²) in [6.07, 6.45) is 7.95. The fourth-order valence-corrected chi connectivity index (χ4v) is 7.86. The minimum Gasteiger partial charge on any atom is -0.512 e. The van der Waals surface area contributed by atoms with Gasteiger partial charge in [-0.25, -0.2) is 0 Å². The number of hydrogen-bond acceptors (Lipinski definition) is 4. The van der Waals surface area contributed by atoms with Crippen LogP contribution < -0.4 is 0 Å². The normalized spacial score (nSPS) is 12.2. The molecule has 1 radical (unpaired) electrons. The third-order valence-electron chi connectivity index (χ3n) is 9.40. The molecule has 259 valence electrons. The van der Waals surface area contributed by atoms with E-state index in [4.69, 9.17) is 4.98 Å². The minimum absolute atomic E-state index is 0. The van der Waals surface area contributed by atoms with Crippen molar-refractivity contribution in [2.75, 3.05) is 0 Å². The Morgan fingerprint density at radius 1 is 0.896 bits per heavy atom. The molecule has 0 bridgehead atoms. The van der Waals surface area contributed by atoms with Crippen molar-refractivity contribution >= 4 is 48.1 Å². The number of benzene rings is 3. The Balaban J connectivity index is 0.000000334. The topological polar surface area (TPSA) is 50.2 Å². The van der Waals surface area contributed by atoms with Crippen LogP contribution in [0.2, 0.25) is 0 Å². The van der Waals surface area contributed by atoms with Crippen LogP contribution in [0.3, 0.4) is 0 Å². The molecule has 5 aromatic rings. The number of ketones is 1. The van der Waals surface area contributed by atoms with Crippen molar-refractivity contribution in [1.29, 1.82) is 0 Å². The molecular formula is C43H54IrNO2S-. The van der Waals surface area contributed by atoms with E-state index in [0.29, 0.717) is 5.92 Å². The second kappa shape index (κ2) is 17.2. The SMILES string of the molecule is CCC(CC)C(=O)/C=C(\O)C(CC)CC.Cc1c(CC(C)(C)C)ccc2c1sc1c(-c3[c-]c4ccccc4c(C(C)C)c3)nccc12.[Ir]. The monoisotopic (exact) mass is 841 g/mol. The standard InChI is InChI=1S/C30H30NS.C13H24O2.Ir/c1-18(2)26-16-22(15-20-9-7-8-10-23(20)26)27-29-25(13-14-31-27)24-12-11-21(17-30(4,5)6)19(3)28(24)32-29;1-5-10(6-2)12(14)9-13(15)11(7-3)8-4;/h7-14,16,18H,17H2,1-6H3;9-11,14H,5-8H2,1-4H3;/q-1;;/b;12-9-;. The average Bonchev–Trinajstić information content (AvgIpc) is 3.42. The van der Waals surface area contributed by atoms with Gasteiger partial charge in [0.1, 0.15) is 0 Å². The molecule has 0 spiro atoms. The van der Waals surface area contributed by atoms with Crippen molar-refractivity contribution < 1.29 is 30.0 Å². The molecule has 0 aliphatic heterocycles. The van der Waals surface area contributed by atoms with E-state index < -0.39 is 0 Å². The number of aliphatic hydroxyl groups is 1. The second-order valence-corrected chi connectivity index (χ2v) is 15.5. The molecule has 0 saturated carbocycles. The molecule has 48 heavy (non-hydrogen) atoms. The molecule has 0 amide bonds. The number of hydrogen-bond donors (Lipinski definition) is 1. The van der Waals surface area contributed by atoms with Crippen molar-refractivity contribution in [3.63, 3.8) is 0 Å². The number of rotatable bonds is 10. The number of pyridine rings is 1. The Morgan fingerprint density at radius 3 is 2.12 bits per heavy atom. The molecule has 0 atom stereocenters. The van der Waals surface area contributed by atoms with E-state index in [0.717, 1.165) is 48.7 Å². The van der Waals surface area contributed by atoms with E-state index in [1.165, 1.54) is 48.3 Å². The van der Waals surface area contributed by atoms with Crippen molar-refractivity contribution in [3.05, 3.63) is 89.3 Å². The predicted molar refractivity (Wildman–Crippen MR) is 205 cm³/mol. The number of aryl methyl sites for hydroxylation is 1. The minimum atomic E-state index is 0. The van der Waals surface area contributed by atoms with Gasteiger partial charge in [-0.15, -0.1) is 40.5 Å². The molecule has 2 heterocycles. The molecule has 2 aromatic heterocycles. The van der Waals surface area contributed by atoms with Crippen LogP contribution in [0, 0.1) is 30.2 Å². The number of carbonyl (C=O) groups is 1. The first-order valence-corrected chi connectivity index (χ1v) is 18.3. The molecule has 0 aliphatic carbocycles. The van der Waals surface area contributed by atoms with Gasteiger partial charge in [-0.05, 0) is 72.9 Å². The molecule has 0 fully saturated rings. The number of aliphatic hydroxyl groups excluding tert-OH is 1. The van der Waals surface area contributed by atoms with E-state index >= 15 is 0 Å². The fourth-order valence-electron chi connectivity index (χ4n) is 6.54. The van der Waals surface area contributed by atoms with Crippen LogP contribution in [-0.2, 0) is 31.3 Å². The molecule has 3 aromatic carbocycles. The fraction of sp³-hybridized carbons (Fsp3) is 0.442. The third kappa shape index (κ3) is 9.03. The van der Waals surface area contributed by atoms with E-state index in [1.54, 1.807) is 0 Å². The van der Waals surface area contributed by atoms with Crippen LogP contribution >= 0.6 is 11.3 Å². The summed E-state index contributed by atoms with van der Waals surface area (Å²) in [7, 11) is 0. The van der Waals surface area contributed by atoms with Crippen LogP contribution in [-0.4, -0.2) is 15.9 Å². The Kier molecular flexibility index (Phi) is 14.2. The van der Waals surface area contributed by atoms with Gasteiger partial charge in [0, 0.05) is 64.7 Å². The number of fused-ring (bicyclic) bond motifs is 4. The van der Waals surface area contributed by atoms with Gasteiger partial charge in [0.25, 0.3) is 0 Å². The van der Waals surface area contributed by atoms with Gasteiger partial charge in [-0.1, -0.05) is 104 Å². The van der Waals surface area contributed by atoms with Gasteiger partial charge in [0.2, 0.25) is 0 Å². The zero-order valence-electron chi connectivity index (χ0n) is 30.6. The average molecular weight is 841 g/mol. The number of carbonyl (C=O) groups excluding carboxylic acids is 1.